The fourth-order valence-electron chi connectivity index (χ4n) is 3.87. The highest BCUT2D eigenvalue weighted by Crippen LogP contribution is 2.33. The monoisotopic (exact) mass is 575 g/mol. The molecule has 0 saturated carbocycles. The molecule has 2 aromatic rings. The zero-order valence-corrected chi connectivity index (χ0v) is 24.9. The number of carboxylic acid groups (broad SMARTS) is 1. The van der Waals surface area contributed by atoms with Gasteiger partial charge < -0.3 is 21.1 Å². The summed E-state index contributed by atoms with van der Waals surface area (Å²) in [6.45, 7) is 8.17. The lowest BCUT2D eigenvalue weighted by atomic mass is 10.0. The van der Waals surface area contributed by atoms with Crippen molar-refractivity contribution in [3.63, 3.8) is 0 Å². The number of nitrogens with one attached hydrogen (secondary N) is 3. The molecule has 8 nitrogen and oxygen atoms in total. The maximum Gasteiger partial charge on any atom is 0.303 e. The van der Waals surface area contributed by atoms with Crippen molar-refractivity contribution in [2.45, 2.75) is 83.4 Å². The number of carbonyl (C=O) groups excluding carboxylic acids is 3. The first-order valence-electron chi connectivity index (χ1n) is 13.4. The molecule has 0 aliphatic heterocycles. The van der Waals surface area contributed by atoms with Gasteiger partial charge in [0.05, 0.1) is 12.3 Å². The summed E-state index contributed by atoms with van der Waals surface area (Å²) in [5.74, 6) is -2.14. The topological polar surface area (TPSA) is 125 Å². The SMILES string of the molecule is CCCCC(C)(CC)SCC(=O)NCC(=O)N[C@@H](CCC(=O)O)C(=O)Nc1ccc(Cc2cc(C)cs2)cc1. The molecule has 3 amide bonds. The number of carboxylic acids is 1. The Morgan fingerprint density at radius 3 is 2.41 bits per heavy atom. The number of aryl methyl sites for hydroxylation is 1. The minimum atomic E-state index is -1.07. The van der Waals surface area contributed by atoms with Crippen LogP contribution in [0.2, 0.25) is 0 Å². The Balaban J connectivity index is 1.88. The van der Waals surface area contributed by atoms with E-state index in [4.69, 9.17) is 5.11 Å². The largest absolute Gasteiger partial charge is 0.481 e. The highest BCUT2D eigenvalue weighted by atomic mass is 32.2. The van der Waals surface area contributed by atoms with E-state index in [0.717, 1.165) is 37.7 Å². The van der Waals surface area contributed by atoms with Gasteiger partial charge in [-0.2, -0.15) is 0 Å². The molecule has 1 unspecified atom stereocenters. The number of amides is 3. The number of benzene rings is 1. The third-order valence-corrected chi connectivity index (χ3v) is 9.14. The Morgan fingerprint density at radius 2 is 1.82 bits per heavy atom. The number of hydrogen-bond donors (Lipinski definition) is 4. The lowest BCUT2D eigenvalue weighted by Gasteiger charge is -2.27. The van der Waals surface area contributed by atoms with Crippen LogP contribution in [0.1, 0.15) is 75.3 Å². The normalized spacial score (nSPS) is 13.2. The van der Waals surface area contributed by atoms with Crippen LogP contribution < -0.4 is 16.0 Å². The predicted octanol–water partition coefficient (Wildman–Crippen LogP) is 5.14. The first kappa shape index (κ1) is 32.4. The molecular weight excluding hydrogens is 534 g/mol. The van der Waals surface area contributed by atoms with Crippen LogP contribution in [0.25, 0.3) is 0 Å². The Labute approximate surface area is 239 Å². The van der Waals surface area contributed by atoms with E-state index in [1.54, 1.807) is 35.2 Å². The van der Waals surface area contributed by atoms with Gasteiger partial charge >= 0.3 is 5.97 Å². The van der Waals surface area contributed by atoms with Crippen LogP contribution in [0.3, 0.4) is 0 Å². The smallest absolute Gasteiger partial charge is 0.303 e. The molecule has 214 valence electrons. The minimum Gasteiger partial charge on any atom is -0.481 e. The van der Waals surface area contributed by atoms with Gasteiger partial charge in [-0.15, -0.1) is 23.1 Å². The van der Waals surface area contributed by atoms with Crippen molar-refractivity contribution in [2.24, 2.45) is 0 Å². The number of aliphatic carboxylic acids is 1. The first-order chi connectivity index (χ1) is 18.5. The summed E-state index contributed by atoms with van der Waals surface area (Å²) in [6, 6.07) is 8.51. The van der Waals surface area contributed by atoms with Gasteiger partial charge in [0.25, 0.3) is 0 Å². The molecule has 0 aliphatic carbocycles. The molecule has 0 spiro atoms. The van der Waals surface area contributed by atoms with E-state index in [0.29, 0.717) is 5.69 Å². The van der Waals surface area contributed by atoms with E-state index in [1.165, 1.54) is 10.4 Å². The molecular formula is C29H41N3O5S2. The molecule has 0 saturated heterocycles. The van der Waals surface area contributed by atoms with Crippen molar-refractivity contribution < 1.29 is 24.3 Å². The number of anilines is 1. The van der Waals surface area contributed by atoms with Crippen LogP contribution in [-0.4, -0.2) is 51.9 Å². The molecule has 0 aliphatic rings. The summed E-state index contributed by atoms with van der Waals surface area (Å²) in [7, 11) is 0. The second-order valence-corrected chi connectivity index (χ2v) is 12.5. The van der Waals surface area contributed by atoms with Gasteiger partial charge in [-0.3, -0.25) is 19.2 Å². The van der Waals surface area contributed by atoms with Crippen molar-refractivity contribution in [3.05, 3.63) is 51.7 Å². The number of unbranched alkanes of at least 4 members (excludes halogenated alkanes) is 1. The zero-order chi connectivity index (χ0) is 28.8. The third kappa shape index (κ3) is 12.3. The number of thioether (sulfide) groups is 1. The number of rotatable bonds is 17. The van der Waals surface area contributed by atoms with E-state index < -0.39 is 23.8 Å². The van der Waals surface area contributed by atoms with Gasteiger partial charge in [0, 0.05) is 28.2 Å². The fourth-order valence-corrected chi connectivity index (χ4v) is 5.86. The lowest BCUT2D eigenvalue weighted by Crippen LogP contribution is -2.48. The van der Waals surface area contributed by atoms with Crippen LogP contribution >= 0.6 is 23.1 Å². The van der Waals surface area contributed by atoms with Gasteiger partial charge in [0.2, 0.25) is 17.7 Å². The summed E-state index contributed by atoms with van der Waals surface area (Å²) in [4.78, 5) is 50.1. The molecule has 0 bridgehead atoms. The number of thiophene rings is 1. The summed E-state index contributed by atoms with van der Waals surface area (Å²) in [6.07, 6.45) is 4.61. The maximum absolute atomic E-state index is 12.9. The maximum atomic E-state index is 12.9. The highest BCUT2D eigenvalue weighted by molar-refractivity contribution is 8.01. The standard InChI is InChI=1S/C29H41N3O5S2/c1-5-7-14-29(4,6-2)39-19-26(34)30-17-25(33)32-24(12-13-27(35)36)28(37)31-22-10-8-21(9-11-22)16-23-15-20(3)18-38-23/h8-11,15,18,24H,5-7,12-14,16-17,19H2,1-4H3,(H,30,34)(H,31,37)(H,32,33)(H,35,36)/t24-,29?/m0/s1. The van der Waals surface area contributed by atoms with Crippen LogP contribution in [-0.2, 0) is 25.6 Å². The minimum absolute atomic E-state index is 0.0107. The highest BCUT2D eigenvalue weighted by Gasteiger charge is 2.24. The molecule has 1 heterocycles. The first-order valence-corrected chi connectivity index (χ1v) is 15.3. The summed E-state index contributed by atoms with van der Waals surface area (Å²) in [5, 5.41) is 19.1. The lowest BCUT2D eigenvalue weighted by molar-refractivity contribution is -0.137. The number of carbonyl (C=O) groups is 4. The average molecular weight is 576 g/mol. The predicted molar refractivity (Wildman–Crippen MR) is 159 cm³/mol. The van der Waals surface area contributed by atoms with Gasteiger partial charge in [-0.25, -0.2) is 0 Å². The molecule has 4 N–H and O–H groups in total. The molecule has 1 aromatic heterocycles. The number of hydrogen-bond acceptors (Lipinski definition) is 6. The van der Waals surface area contributed by atoms with Crippen molar-refractivity contribution in [1.29, 1.82) is 0 Å². The van der Waals surface area contributed by atoms with Crippen molar-refractivity contribution in [1.82, 2.24) is 10.6 Å². The van der Waals surface area contributed by atoms with Crippen LogP contribution in [0.4, 0.5) is 5.69 Å². The van der Waals surface area contributed by atoms with Gasteiger partial charge in [0.1, 0.15) is 6.04 Å². The molecule has 2 atom stereocenters. The Morgan fingerprint density at radius 1 is 1.10 bits per heavy atom. The molecule has 1 aromatic carbocycles. The van der Waals surface area contributed by atoms with E-state index in [-0.39, 0.29) is 35.8 Å². The summed E-state index contributed by atoms with van der Waals surface area (Å²) >= 11 is 3.29. The molecule has 2 rings (SSSR count). The quantitative estimate of drug-likeness (QED) is 0.207. The van der Waals surface area contributed by atoms with Crippen LogP contribution in [0.15, 0.2) is 35.7 Å². The van der Waals surface area contributed by atoms with Gasteiger partial charge in [-0.1, -0.05) is 45.7 Å². The molecule has 0 fully saturated rings. The Kier molecular flexibility index (Phi) is 13.5. The van der Waals surface area contributed by atoms with Gasteiger partial charge in [0.15, 0.2) is 0 Å². The van der Waals surface area contributed by atoms with Crippen molar-refractivity contribution >= 4 is 52.5 Å². The van der Waals surface area contributed by atoms with Gasteiger partial charge in [-0.05, 0) is 60.9 Å². The average Bonchev–Trinajstić information content (AvgIpc) is 3.32. The third-order valence-electron chi connectivity index (χ3n) is 6.49. The Hall–Kier alpha value is -2.85. The summed E-state index contributed by atoms with van der Waals surface area (Å²) < 4.78 is 0.0107. The Bertz CT molecular complexity index is 1100. The second kappa shape index (κ2) is 16.3. The van der Waals surface area contributed by atoms with E-state index in [1.807, 2.05) is 12.1 Å². The summed E-state index contributed by atoms with van der Waals surface area (Å²) in [5.41, 5.74) is 2.88. The zero-order valence-electron chi connectivity index (χ0n) is 23.3. The second-order valence-electron chi connectivity index (χ2n) is 9.98. The molecule has 0 radical (unpaired) electrons. The van der Waals surface area contributed by atoms with Crippen molar-refractivity contribution in [3.8, 4) is 0 Å². The van der Waals surface area contributed by atoms with E-state index >= 15 is 0 Å². The molecule has 39 heavy (non-hydrogen) atoms. The van der Waals surface area contributed by atoms with E-state index in [2.05, 4.69) is 55.1 Å². The van der Waals surface area contributed by atoms with Crippen LogP contribution in [0.5, 0.6) is 0 Å². The fraction of sp³-hybridized carbons (Fsp3) is 0.517. The van der Waals surface area contributed by atoms with Crippen LogP contribution in [0, 0.1) is 6.92 Å². The molecule has 10 heteroatoms. The van der Waals surface area contributed by atoms with E-state index in [9.17, 15) is 19.2 Å². The van der Waals surface area contributed by atoms with Crippen molar-refractivity contribution in [2.75, 3.05) is 17.6 Å².